The minimum Gasteiger partial charge on any atom is -0.462 e. The highest BCUT2D eigenvalue weighted by Gasteiger charge is 2.24. The lowest BCUT2D eigenvalue weighted by Gasteiger charge is -2.24. The monoisotopic (exact) mass is 914 g/mol. The van der Waals surface area contributed by atoms with Crippen molar-refractivity contribution in [2.45, 2.75) is 322 Å². The molecule has 0 aliphatic rings. The van der Waals surface area contributed by atoms with E-state index in [0.29, 0.717) is 19.3 Å². The third-order valence-electron chi connectivity index (χ3n) is 13.2. The van der Waals surface area contributed by atoms with Crippen molar-refractivity contribution in [3.05, 3.63) is 36.5 Å². The number of allylic oxidation sites excluding steroid dienone is 6. The fourth-order valence-electron chi connectivity index (χ4n) is 8.92. The molecule has 0 fully saturated rings. The Hall–Kier alpha value is -1.92. The largest absolute Gasteiger partial charge is 0.462 e. The summed E-state index contributed by atoms with van der Waals surface area (Å²) in [5, 5.41) is 23.8. The minimum atomic E-state index is -0.792. The first-order chi connectivity index (χ1) is 32.0. The first-order valence-corrected chi connectivity index (χ1v) is 28.7. The number of amides is 1. The van der Waals surface area contributed by atoms with E-state index < -0.39 is 18.2 Å². The zero-order valence-corrected chi connectivity index (χ0v) is 43.6. The fraction of sp³-hybridized carbons (Fsp3) is 0.864. The third kappa shape index (κ3) is 48.3. The number of carbonyl (C=O) groups excluding carboxylic acids is 2. The second-order valence-corrected chi connectivity index (χ2v) is 19.7. The summed E-state index contributed by atoms with van der Waals surface area (Å²) in [6.07, 6.45) is 63.6. The standard InChI is InChI=1S/C59H111NO5/c1-4-7-10-13-16-19-22-25-27-28-29-30-31-34-37-40-43-46-49-52-59(64)65-55(50-47-44-41-38-35-33-26-23-20-17-14-11-8-5-2)53-58(63)60-56(54-61)57(62)51-48-45-42-39-36-32-24-21-18-15-12-9-6-3/h8,11,17,20,26,33,55-57,61-62H,4-7,9-10,12-16,18-19,21-25,27-32,34-54H2,1-3H3,(H,60,63)/b11-8+,20-17+,33-26+. The lowest BCUT2D eigenvalue weighted by atomic mass is 10.0. The van der Waals surface area contributed by atoms with E-state index in [2.05, 4.69) is 62.5 Å². The fourth-order valence-corrected chi connectivity index (χ4v) is 8.92. The van der Waals surface area contributed by atoms with Gasteiger partial charge in [0.05, 0.1) is 25.2 Å². The van der Waals surface area contributed by atoms with Crippen LogP contribution in [0.1, 0.15) is 303 Å². The van der Waals surface area contributed by atoms with Gasteiger partial charge in [-0.15, -0.1) is 0 Å². The maximum atomic E-state index is 13.2. The molecule has 382 valence electrons. The molecule has 0 aromatic heterocycles. The number of rotatable bonds is 52. The normalized spacial score (nSPS) is 13.4. The molecule has 0 radical (unpaired) electrons. The number of nitrogens with one attached hydrogen (secondary N) is 1. The van der Waals surface area contributed by atoms with Gasteiger partial charge in [-0.2, -0.15) is 0 Å². The molecule has 0 rings (SSSR count). The van der Waals surface area contributed by atoms with E-state index in [1.165, 1.54) is 167 Å². The molecule has 0 aromatic carbocycles. The Bertz CT molecular complexity index is 1070. The predicted molar refractivity (Wildman–Crippen MR) is 282 cm³/mol. The van der Waals surface area contributed by atoms with Crippen molar-refractivity contribution >= 4 is 11.9 Å². The van der Waals surface area contributed by atoms with E-state index in [1.807, 2.05) is 0 Å². The van der Waals surface area contributed by atoms with Crippen LogP contribution in [0.2, 0.25) is 0 Å². The molecule has 6 nitrogen and oxygen atoms in total. The molecule has 65 heavy (non-hydrogen) atoms. The second kappa shape index (κ2) is 53.0. The summed E-state index contributed by atoms with van der Waals surface area (Å²) in [7, 11) is 0. The summed E-state index contributed by atoms with van der Waals surface area (Å²) in [6.45, 7) is 6.40. The number of unbranched alkanes of at least 4 members (excludes halogenated alkanes) is 34. The Morgan fingerprint density at radius 1 is 0.462 bits per heavy atom. The van der Waals surface area contributed by atoms with Crippen molar-refractivity contribution < 1.29 is 24.5 Å². The van der Waals surface area contributed by atoms with Crippen LogP contribution in [0.3, 0.4) is 0 Å². The molecule has 0 aliphatic heterocycles. The summed E-state index contributed by atoms with van der Waals surface area (Å²) < 4.78 is 5.95. The van der Waals surface area contributed by atoms with Gasteiger partial charge in [0, 0.05) is 6.42 Å². The summed E-state index contributed by atoms with van der Waals surface area (Å²) in [5.41, 5.74) is 0. The molecule has 1 amide bonds. The van der Waals surface area contributed by atoms with Gasteiger partial charge in [-0.05, 0) is 57.8 Å². The van der Waals surface area contributed by atoms with Crippen LogP contribution >= 0.6 is 0 Å². The maximum absolute atomic E-state index is 13.2. The van der Waals surface area contributed by atoms with E-state index in [4.69, 9.17) is 4.74 Å². The van der Waals surface area contributed by atoms with Gasteiger partial charge >= 0.3 is 5.97 Å². The highest BCUT2D eigenvalue weighted by Crippen LogP contribution is 2.19. The molecule has 0 saturated carbocycles. The van der Waals surface area contributed by atoms with Gasteiger partial charge in [0.2, 0.25) is 5.91 Å². The average Bonchev–Trinajstić information content (AvgIpc) is 3.30. The van der Waals surface area contributed by atoms with Crippen LogP contribution in [0.15, 0.2) is 36.5 Å². The van der Waals surface area contributed by atoms with E-state index >= 15 is 0 Å². The molecule has 0 heterocycles. The first-order valence-electron chi connectivity index (χ1n) is 28.7. The van der Waals surface area contributed by atoms with Crippen LogP contribution in [-0.4, -0.2) is 46.9 Å². The number of carbonyl (C=O) groups is 2. The molecule has 0 aliphatic carbocycles. The van der Waals surface area contributed by atoms with E-state index in [1.54, 1.807) is 0 Å². The van der Waals surface area contributed by atoms with Crippen molar-refractivity contribution in [3.63, 3.8) is 0 Å². The van der Waals surface area contributed by atoms with E-state index in [9.17, 15) is 19.8 Å². The zero-order valence-electron chi connectivity index (χ0n) is 43.6. The van der Waals surface area contributed by atoms with Gasteiger partial charge in [0.25, 0.3) is 0 Å². The Balaban J connectivity index is 4.51. The SMILES string of the molecule is CC/C=C/C/C=C/C/C=C/CCCCCCC(CC(=O)NC(CO)C(O)CCCCCCCCCCCCCCC)OC(=O)CCCCCCCCCCCCCCCCCCCCC. The number of aliphatic hydroxyl groups is 2. The van der Waals surface area contributed by atoms with Crippen molar-refractivity contribution in [3.8, 4) is 0 Å². The van der Waals surface area contributed by atoms with Crippen LogP contribution in [-0.2, 0) is 14.3 Å². The van der Waals surface area contributed by atoms with Crippen molar-refractivity contribution in [2.75, 3.05) is 6.61 Å². The van der Waals surface area contributed by atoms with Crippen LogP contribution in [0, 0.1) is 0 Å². The number of hydrogen-bond donors (Lipinski definition) is 3. The average molecular weight is 915 g/mol. The molecular weight excluding hydrogens is 803 g/mol. The number of aliphatic hydroxyl groups excluding tert-OH is 2. The molecule has 0 spiro atoms. The molecule has 0 aromatic rings. The Morgan fingerprint density at radius 2 is 0.831 bits per heavy atom. The quantitative estimate of drug-likeness (QED) is 0.0321. The molecule has 3 unspecified atom stereocenters. The van der Waals surface area contributed by atoms with Gasteiger partial charge in [0.15, 0.2) is 0 Å². The smallest absolute Gasteiger partial charge is 0.306 e. The highest BCUT2D eigenvalue weighted by atomic mass is 16.5. The topological polar surface area (TPSA) is 95.9 Å². The molecule has 3 N–H and O–H groups in total. The van der Waals surface area contributed by atoms with Crippen LogP contribution in [0.25, 0.3) is 0 Å². The lowest BCUT2D eigenvalue weighted by molar-refractivity contribution is -0.151. The maximum Gasteiger partial charge on any atom is 0.306 e. The molecular formula is C59H111NO5. The van der Waals surface area contributed by atoms with Gasteiger partial charge < -0.3 is 20.3 Å². The van der Waals surface area contributed by atoms with E-state index in [0.717, 1.165) is 89.9 Å². The summed E-state index contributed by atoms with van der Waals surface area (Å²) in [4.78, 5) is 26.3. The summed E-state index contributed by atoms with van der Waals surface area (Å²) in [5.74, 6) is -0.480. The molecule has 0 saturated heterocycles. The summed E-state index contributed by atoms with van der Waals surface area (Å²) >= 11 is 0. The van der Waals surface area contributed by atoms with Crippen molar-refractivity contribution in [1.29, 1.82) is 0 Å². The predicted octanol–water partition coefficient (Wildman–Crippen LogP) is 17.6. The van der Waals surface area contributed by atoms with E-state index in [-0.39, 0.29) is 24.9 Å². The van der Waals surface area contributed by atoms with Gasteiger partial charge in [-0.3, -0.25) is 9.59 Å². The highest BCUT2D eigenvalue weighted by molar-refractivity contribution is 5.77. The number of hydrogen-bond acceptors (Lipinski definition) is 5. The van der Waals surface area contributed by atoms with Crippen molar-refractivity contribution in [2.24, 2.45) is 0 Å². The second-order valence-electron chi connectivity index (χ2n) is 19.7. The van der Waals surface area contributed by atoms with Crippen LogP contribution in [0.5, 0.6) is 0 Å². The molecule has 3 atom stereocenters. The van der Waals surface area contributed by atoms with Crippen molar-refractivity contribution in [1.82, 2.24) is 5.32 Å². The Morgan fingerprint density at radius 3 is 1.26 bits per heavy atom. The molecule has 0 bridgehead atoms. The first kappa shape index (κ1) is 63.1. The van der Waals surface area contributed by atoms with Gasteiger partial charge in [-0.25, -0.2) is 0 Å². The zero-order chi connectivity index (χ0) is 47.4. The molecule has 6 heteroatoms. The number of esters is 1. The van der Waals surface area contributed by atoms with Gasteiger partial charge in [0.1, 0.15) is 6.10 Å². The minimum absolute atomic E-state index is 0.0669. The Labute approximate surface area is 404 Å². The van der Waals surface area contributed by atoms with Gasteiger partial charge in [-0.1, -0.05) is 269 Å². The van der Waals surface area contributed by atoms with Crippen LogP contribution in [0.4, 0.5) is 0 Å². The third-order valence-corrected chi connectivity index (χ3v) is 13.2. The Kier molecular flexibility index (Phi) is 51.5. The van der Waals surface area contributed by atoms with Crippen LogP contribution < -0.4 is 5.32 Å². The summed E-state index contributed by atoms with van der Waals surface area (Å²) in [6, 6.07) is -0.706. The lowest BCUT2D eigenvalue weighted by Crippen LogP contribution is -2.46. The number of ether oxygens (including phenoxy) is 1.